The van der Waals surface area contributed by atoms with Crippen LogP contribution in [0.15, 0.2) is 82.0 Å². The topological polar surface area (TPSA) is 63.4 Å². The van der Waals surface area contributed by atoms with E-state index < -0.39 is 11.5 Å². The molecule has 0 radical (unpaired) electrons. The molecular weight excluding hydrogens is 420 g/mol. The molecule has 6 heteroatoms. The number of aromatic nitrogens is 1. The molecule has 2 aromatic heterocycles. The van der Waals surface area contributed by atoms with Crippen molar-refractivity contribution >= 4 is 43.6 Å². The van der Waals surface area contributed by atoms with Gasteiger partial charge in [-0.25, -0.2) is 9.78 Å². The molecule has 5 nitrogen and oxygen atoms in total. The Kier molecular flexibility index (Phi) is 5.07. The molecule has 5 rings (SSSR count). The molecule has 0 aliphatic carbocycles. The van der Waals surface area contributed by atoms with Crippen LogP contribution in [0.4, 0.5) is 5.13 Å². The lowest BCUT2D eigenvalue weighted by atomic mass is 10.1. The van der Waals surface area contributed by atoms with Gasteiger partial charge in [0.15, 0.2) is 5.13 Å². The van der Waals surface area contributed by atoms with Crippen molar-refractivity contribution in [3.8, 4) is 0 Å². The number of carbonyl (C=O) groups is 1. The van der Waals surface area contributed by atoms with Crippen molar-refractivity contribution in [3.63, 3.8) is 0 Å². The first-order valence-electron chi connectivity index (χ1n) is 10.3. The summed E-state index contributed by atoms with van der Waals surface area (Å²) in [7, 11) is 0. The summed E-state index contributed by atoms with van der Waals surface area (Å²) in [5.41, 5.74) is 3.80. The molecule has 5 aromatic rings. The normalized spacial score (nSPS) is 11.2. The summed E-state index contributed by atoms with van der Waals surface area (Å²) < 4.78 is 6.43. The van der Waals surface area contributed by atoms with Crippen LogP contribution in [0.3, 0.4) is 0 Å². The molecule has 0 atom stereocenters. The predicted molar refractivity (Wildman–Crippen MR) is 129 cm³/mol. The number of rotatable bonds is 4. The van der Waals surface area contributed by atoms with Gasteiger partial charge in [-0.2, -0.15) is 0 Å². The zero-order valence-corrected chi connectivity index (χ0v) is 18.5. The van der Waals surface area contributed by atoms with Crippen LogP contribution >= 0.6 is 11.3 Å². The predicted octanol–water partition coefficient (Wildman–Crippen LogP) is 5.87. The van der Waals surface area contributed by atoms with Crippen molar-refractivity contribution < 1.29 is 9.21 Å². The number of carbonyl (C=O) groups excluding carboxylic acids is 1. The van der Waals surface area contributed by atoms with E-state index in [0.717, 1.165) is 26.9 Å². The number of fused-ring (bicyclic) bond motifs is 2. The number of anilines is 1. The van der Waals surface area contributed by atoms with E-state index in [1.165, 1.54) is 11.3 Å². The van der Waals surface area contributed by atoms with Gasteiger partial charge in [-0.1, -0.05) is 65.9 Å². The second-order valence-electron chi connectivity index (χ2n) is 7.79. The van der Waals surface area contributed by atoms with Crippen LogP contribution in [0.25, 0.3) is 21.2 Å². The van der Waals surface area contributed by atoms with Crippen LogP contribution in [0.2, 0.25) is 0 Å². The van der Waals surface area contributed by atoms with Crippen LogP contribution in [-0.2, 0) is 6.54 Å². The van der Waals surface area contributed by atoms with Gasteiger partial charge >= 0.3 is 5.63 Å². The van der Waals surface area contributed by atoms with Gasteiger partial charge in [0.1, 0.15) is 11.1 Å². The second kappa shape index (κ2) is 8.05. The maximum atomic E-state index is 13.7. The van der Waals surface area contributed by atoms with Gasteiger partial charge in [-0.15, -0.1) is 0 Å². The highest BCUT2D eigenvalue weighted by molar-refractivity contribution is 7.22. The first kappa shape index (κ1) is 20.2. The molecular formula is C26H20N2O3S. The Hall–Kier alpha value is -3.77. The molecule has 2 heterocycles. The van der Waals surface area contributed by atoms with Crippen molar-refractivity contribution in [3.05, 3.63) is 105 Å². The van der Waals surface area contributed by atoms with Crippen LogP contribution in [0.1, 0.15) is 27.0 Å². The molecule has 0 fully saturated rings. The fraction of sp³-hybridized carbons (Fsp3) is 0.115. The zero-order valence-electron chi connectivity index (χ0n) is 17.7. The zero-order chi connectivity index (χ0) is 22.2. The Balaban J connectivity index is 1.65. The van der Waals surface area contributed by atoms with Crippen LogP contribution < -0.4 is 10.5 Å². The molecule has 0 saturated carbocycles. The lowest BCUT2D eigenvalue weighted by molar-refractivity contribution is 0.0981. The fourth-order valence-corrected chi connectivity index (χ4v) is 4.96. The monoisotopic (exact) mass is 440 g/mol. The SMILES string of the molecule is Cc1cc(C)c2nc(N(Cc3ccccc3)C(=O)c3cc4ccccc4oc3=O)sc2c1. The molecule has 0 spiro atoms. The van der Waals surface area contributed by atoms with Crippen LogP contribution in [0, 0.1) is 13.8 Å². The molecule has 0 aliphatic heterocycles. The molecule has 0 unspecified atom stereocenters. The number of aryl methyl sites for hydroxylation is 2. The third-order valence-corrected chi connectivity index (χ3v) is 6.38. The second-order valence-corrected chi connectivity index (χ2v) is 8.80. The lowest BCUT2D eigenvalue weighted by Gasteiger charge is -2.19. The highest BCUT2D eigenvalue weighted by atomic mass is 32.1. The molecule has 0 aliphatic rings. The summed E-state index contributed by atoms with van der Waals surface area (Å²) >= 11 is 1.45. The van der Waals surface area contributed by atoms with Gasteiger partial charge in [0.05, 0.1) is 16.8 Å². The number of hydrogen-bond donors (Lipinski definition) is 0. The average molecular weight is 441 g/mol. The van der Waals surface area contributed by atoms with E-state index in [4.69, 9.17) is 9.40 Å². The maximum absolute atomic E-state index is 13.7. The third-order valence-electron chi connectivity index (χ3n) is 5.35. The van der Waals surface area contributed by atoms with E-state index in [9.17, 15) is 9.59 Å². The molecule has 0 saturated heterocycles. The maximum Gasteiger partial charge on any atom is 0.349 e. The number of para-hydroxylation sites is 1. The van der Waals surface area contributed by atoms with Crippen molar-refractivity contribution in [1.29, 1.82) is 0 Å². The molecule has 3 aromatic carbocycles. The third kappa shape index (κ3) is 3.69. The van der Waals surface area contributed by atoms with Gasteiger partial charge < -0.3 is 4.42 Å². The summed E-state index contributed by atoms with van der Waals surface area (Å²) in [6.07, 6.45) is 0. The van der Waals surface area contributed by atoms with Crippen molar-refractivity contribution in [2.24, 2.45) is 0 Å². The summed E-state index contributed by atoms with van der Waals surface area (Å²) in [6, 6.07) is 22.6. The fourth-order valence-electron chi connectivity index (χ4n) is 3.82. The van der Waals surface area contributed by atoms with Crippen molar-refractivity contribution in [2.75, 3.05) is 4.90 Å². The minimum atomic E-state index is -0.653. The first-order valence-corrected chi connectivity index (χ1v) is 11.1. The average Bonchev–Trinajstić information content (AvgIpc) is 3.21. The molecule has 0 bridgehead atoms. The summed E-state index contributed by atoms with van der Waals surface area (Å²) in [6.45, 7) is 4.35. The summed E-state index contributed by atoms with van der Waals surface area (Å²) in [5, 5.41) is 1.25. The lowest BCUT2D eigenvalue weighted by Crippen LogP contribution is -2.33. The summed E-state index contributed by atoms with van der Waals surface area (Å²) in [4.78, 5) is 32.7. The molecule has 0 N–H and O–H groups in total. The quantitative estimate of drug-likeness (QED) is 0.328. The number of hydrogen-bond acceptors (Lipinski definition) is 5. The van der Waals surface area contributed by atoms with Gasteiger partial charge in [0, 0.05) is 5.39 Å². The van der Waals surface area contributed by atoms with E-state index in [2.05, 4.69) is 12.1 Å². The number of benzene rings is 3. The standard InChI is InChI=1S/C26H20N2O3S/c1-16-12-17(2)23-22(13-16)32-26(27-23)28(15-18-8-4-3-5-9-18)24(29)20-14-19-10-6-7-11-21(19)31-25(20)30/h3-14H,15H2,1-2H3. The van der Waals surface area contributed by atoms with Gasteiger partial charge in [-0.05, 0) is 48.7 Å². The smallest absolute Gasteiger partial charge is 0.349 e. The number of amides is 1. The highest BCUT2D eigenvalue weighted by Crippen LogP contribution is 2.33. The summed E-state index contributed by atoms with van der Waals surface area (Å²) in [5.74, 6) is -0.429. The van der Waals surface area contributed by atoms with Crippen LogP contribution in [0.5, 0.6) is 0 Å². The Labute approximate surface area is 188 Å². The minimum absolute atomic E-state index is 0.00760. The molecule has 1 amide bonds. The Morgan fingerprint density at radius 1 is 1.00 bits per heavy atom. The molecule has 32 heavy (non-hydrogen) atoms. The number of nitrogens with zero attached hydrogens (tertiary/aromatic N) is 2. The van der Waals surface area contributed by atoms with Gasteiger partial charge in [-0.3, -0.25) is 9.69 Å². The van der Waals surface area contributed by atoms with Crippen LogP contribution in [-0.4, -0.2) is 10.9 Å². The number of thiazole rings is 1. The van der Waals surface area contributed by atoms with E-state index >= 15 is 0 Å². The van der Waals surface area contributed by atoms with Crippen molar-refractivity contribution in [1.82, 2.24) is 4.98 Å². The Morgan fingerprint density at radius 2 is 1.75 bits per heavy atom. The highest BCUT2D eigenvalue weighted by Gasteiger charge is 2.25. The van der Waals surface area contributed by atoms with E-state index in [1.54, 1.807) is 23.1 Å². The van der Waals surface area contributed by atoms with Gasteiger partial charge in [0.25, 0.3) is 5.91 Å². The van der Waals surface area contributed by atoms with Crippen molar-refractivity contribution in [2.45, 2.75) is 20.4 Å². The minimum Gasteiger partial charge on any atom is -0.422 e. The van der Waals surface area contributed by atoms with E-state index in [0.29, 0.717) is 22.6 Å². The van der Waals surface area contributed by atoms with E-state index in [1.807, 2.05) is 56.3 Å². The largest absolute Gasteiger partial charge is 0.422 e. The Bertz CT molecular complexity index is 1520. The first-order chi connectivity index (χ1) is 15.5. The van der Waals surface area contributed by atoms with Gasteiger partial charge in [0.2, 0.25) is 0 Å². The Morgan fingerprint density at radius 3 is 2.56 bits per heavy atom. The molecule has 158 valence electrons. The van der Waals surface area contributed by atoms with E-state index in [-0.39, 0.29) is 5.56 Å².